The number of amides is 1. The first-order valence-corrected chi connectivity index (χ1v) is 5.71. The lowest BCUT2D eigenvalue weighted by molar-refractivity contribution is -0.141. The quantitative estimate of drug-likeness (QED) is 0.703. The van der Waals surface area contributed by atoms with E-state index in [-0.39, 0.29) is 11.8 Å². The van der Waals surface area contributed by atoms with Crippen molar-refractivity contribution >= 4 is 11.9 Å². The van der Waals surface area contributed by atoms with Crippen molar-refractivity contribution in [3.63, 3.8) is 0 Å². The molecule has 5 heteroatoms. The third kappa shape index (κ3) is 4.18. The van der Waals surface area contributed by atoms with Gasteiger partial charge in [0.25, 0.3) is 0 Å². The molecule has 0 aromatic heterocycles. The predicted octanol–water partition coefficient (Wildman–Crippen LogP) is 0.165. The summed E-state index contributed by atoms with van der Waals surface area (Å²) in [6.45, 7) is 6.26. The third-order valence-electron chi connectivity index (χ3n) is 2.70. The molecule has 0 saturated carbocycles. The van der Waals surface area contributed by atoms with E-state index in [0.29, 0.717) is 38.5 Å². The summed E-state index contributed by atoms with van der Waals surface area (Å²) in [5.41, 5.74) is 0. The molecule has 1 atom stereocenters. The fraction of sp³-hybridized carbons (Fsp3) is 0.818. The first kappa shape index (κ1) is 13.0. The molecule has 1 fully saturated rings. The van der Waals surface area contributed by atoms with E-state index in [1.807, 2.05) is 18.7 Å². The van der Waals surface area contributed by atoms with E-state index < -0.39 is 5.97 Å². The molecule has 1 unspecified atom stereocenters. The van der Waals surface area contributed by atoms with Gasteiger partial charge in [-0.3, -0.25) is 14.5 Å². The van der Waals surface area contributed by atoms with Crippen molar-refractivity contribution in [2.24, 2.45) is 11.8 Å². The number of rotatable bonds is 5. The fourth-order valence-electron chi connectivity index (χ4n) is 1.75. The zero-order valence-corrected chi connectivity index (χ0v) is 9.90. The van der Waals surface area contributed by atoms with E-state index in [9.17, 15) is 9.59 Å². The molecule has 1 aliphatic rings. The number of carbonyl (C=O) groups excluding carboxylic acids is 1. The Labute approximate surface area is 95.8 Å². The molecule has 0 aromatic rings. The Kier molecular flexibility index (Phi) is 4.73. The van der Waals surface area contributed by atoms with Crippen molar-refractivity contribution in [1.29, 1.82) is 0 Å². The highest BCUT2D eigenvalue weighted by Gasteiger charge is 2.28. The Morgan fingerprint density at radius 3 is 2.69 bits per heavy atom. The highest BCUT2D eigenvalue weighted by atomic mass is 16.4. The summed E-state index contributed by atoms with van der Waals surface area (Å²) in [6.07, 6.45) is 0.646. The van der Waals surface area contributed by atoms with Crippen molar-refractivity contribution in [2.75, 3.05) is 26.2 Å². The minimum absolute atomic E-state index is 0.0141. The SMILES string of the molecule is CC(C)CNC(=O)CN1CCC(C(=O)O)C1. The van der Waals surface area contributed by atoms with Crippen molar-refractivity contribution in [3.05, 3.63) is 0 Å². The van der Waals surface area contributed by atoms with Crippen LogP contribution in [0.15, 0.2) is 0 Å². The van der Waals surface area contributed by atoms with Gasteiger partial charge in [0, 0.05) is 13.1 Å². The molecule has 2 N–H and O–H groups in total. The van der Waals surface area contributed by atoms with Crippen molar-refractivity contribution in [2.45, 2.75) is 20.3 Å². The Bertz CT molecular complexity index is 266. The molecular weight excluding hydrogens is 208 g/mol. The van der Waals surface area contributed by atoms with Crippen LogP contribution in [0.3, 0.4) is 0 Å². The largest absolute Gasteiger partial charge is 0.481 e. The molecule has 0 spiro atoms. The summed E-state index contributed by atoms with van der Waals surface area (Å²) in [5, 5.41) is 11.6. The Morgan fingerprint density at radius 1 is 1.50 bits per heavy atom. The average Bonchev–Trinajstić information content (AvgIpc) is 2.63. The monoisotopic (exact) mass is 228 g/mol. The Morgan fingerprint density at radius 2 is 2.19 bits per heavy atom. The van der Waals surface area contributed by atoms with Gasteiger partial charge in [-0.2, -0.15) is 0 Å². The number of carboxylic acid groups (broad SMARTS) is 1. The molecule has 5 nitrogen and oxygen atoms in total. The van der Waals surface area contributed by atoms with E-state index in [2.05, 4.69) is 5.32 Å². The molecule has 0 aliphatic carbocycles. The number of carboxylic acids is 1. The maximum Gasteiger partial charge on any atom is 0.307 e. The average molecular weight is 228 g/mol. The number of aliphatic carboxylic acids is 1. The number of nitrogens with zero attached hydrogens (tertiary/aromatic N) is 1. The van der Waals surface area contributed by atoms with Crippen LogP contribution in [0.25, 0.3) is 0 Å². The standard InChI is InChI=1S/C11H20N2O3/c1-8(2)5-12-10(14)7-13-4-3-9(6-13)11(15)16/h8-9H,3-7H2,1-2H3,(H,12,14)(H,15,16). The van der Waals surface area contributed by atoms with Gasteiger partial charge < -0.3 is 10.4 Å². The highest BCUT2D eigenvalue weighted by molar-refractivity contribution is 5.78. The lowest BCUT2D eigenvalue weighted by Crippen LogP contribution is -2.37. The normalized spacial score (nSPS) is 21.3. The molecule has 1 amide bonds. The molecule has 92 valence electrons. The van der Waals surface area contributed by atoms with Gasteiger partial charge >= 0.3 is 5.97 Å². The number of nitrogens with one attached hydrogen (secondary N) is 1. The Hall–Kier alpha value is -1.10. The number of likely N-dealkylation sites (tertiary alicyclic amines) is 1. The summed E-state index contributed by atoms with van der Waals surface area (Å²) in [6, 6.07) is 0. The zero-order valence-electron chi connectivity index (χ0n) is 9.90. The second kappa shape index (κ2) is 5.84. The van der Waals surface area contributed by atoms with Gasteiger partial charge in [0.1, 0.15) is 0 Å². The maximum atomic E-state index is 11.5. The lowest BCUT2D eigenvalue weighted by Gasteiger charge is -2.15. The third-order valence-corrected chi connectivity index (χ3v) is 2.70. The van der Waals surface area contributed by atoms with E-state index in [1.165, 1.54) is 0 Å². The summed E-state index contributed by atoms with van der Waals surface area (Å²) < 4.78 is 0. The first-order chi connectivity index (χ1) is 7.49. The fourth-order valence-corrected chi connectivity index (χ4v) is 1.75. The summed E-state index contributed by atoms with van der Waals surface area (Å²) in [7, 11) is 0. The van der Waals surface area contributed by atoms with Gasteiger partial charge in [0.15, 0.2) is 0 Å². The zero-order chi connectivity index (χ0) is 12.1. The molecule has 1 saturated heterocycles. The maximum absolute atomic E-state index is 11.5. The highest BCUT2D eigenvalue weighted by Crippen LogP contribution is 2.15. The smallest absolute Gasteiger partial charge is 0.307 e. The van der Waals surface area contributed by atoms with E-state index >= 15 is 0 Å². The van der Waals surface area contributed by atoms with Crippen LogP contribution in [0, 0.1) is 11.8 Å². The van der Waals surface area contributed by atoms with E-state index in [1.54, 1.807) is 0 Å². The van der Waals surface area contributed by atoms with Crippen LogP contribution in [-0.2, 0) is 9.59 Å². The minimum Gasteiger partial charge on any atom is -0.481 e. The van der Waals surface area contributed by atoms with Crippen molar-refractivity contribution in [1.82, 2.24) is 10.2 Å². The van der Waals surface area contributed by atoms with Crippen LogP contribution in [0.4, 0.5) is 0 Å². The summed E-state index contributed by atoms with van der Waals surface area (Å²) in [4.78, 5) is 24.1. The summed E-state index contributed by atoms with van der Waals surface area (Å²) in [5.74, 6) is -0.642. The van der Waals surface area contributed by atoms with Gasteiger partial charge in [0.2, 0.25) is 5.91 Å². The molecule has 1 heterocycles. The second-order valence-electron chi connectivity index (χ2n) is 4.76. The topological polar surface area (TPSA) is 69.6 Å². The van der Waals surface area contributed by atoms with Crippen LogP contribution < -0.4 is 5.32 Å². The van der Waals surface area contributed by atoms with Gasteiger partial charge in [-0.1, -0.05) is 13.8 Å². The molecule has 0 aromatic carbocycles. The molecular formula is C11H20N2O3. The Balaban J connectivity index is 2.23. The molecule has 1 rings (SSSR count). The van der Waals surface area contributed by atoms with E-state index in [4.69, 9.17) is 5.11 Å². The molecule has 0 radical (unpaired) electrons. The first-order valence-electron chi connectivity index (χ1n) is 5.71. The van der Waals surface area contributed by atoms with Gasteiger partial charge in [-0.25, -0.2) is 0 Å². The van der Waals surface area contributed by atoms with Crippen LogP contribution in [0.1, 0.15) is 20.3 Å². The number of hydrogen-bond acceptors (Lipinski definition) is 3. The molecule has 16 heavy (non-hydrogen) atoms. The van der Waals surface area contributed by atoms with Crippen LogP contribution in [-0.4, -0.2) is 48.1 Å². The van der Waals surface area contributed by atoms with Crippen molar-refractivity contribution in [3.8, 4) is 0 Å². The summed E-state index contributed by atoms with van der Waals surface area (Å²) >= 11 is 0. The molecule has 1 aliphatic heterocycles. The van der Waals surface area contributed by atoms with Crippen LogP contribution in [0.5, 0.6) is 0 Å². The lowest BCUT2D eigenvalue weighted by atomic mass is 10.1. The predicted molar refractivity (Wildman–Crippen MR) is 60.0 cm³/mol. The van der Waals surface area contributed by atoms with Crippen LogP contribution in [0.2, 0.25) is 0 Å². The van der Waals surface area contributed by atoms with Gasteiger partial charge in [0.05, 0.1) is 12.5 Å². The van der Waals surface area contributed by atoms with Crippen molar-refractivity contribution < 1.29 is 14.7 Å². The number of hydrogen-bond donors (Lipinski definition) is 2. The number of carbonyl (C=O) groups is 2. The minimum atomic E-state index is -0.759. The molecule has 0 bridgehead atoms. The van der Waals surface area contributed by atoms with Crippen LogP contribution >= 0.6 is 0 Å². The second-order valence-corrected chi connectivity index (χ2v) is 4.76. The van der Waals surface area contributed by atoms with Gasteiger partial charge in [-0.15, -0.1) is 0 Å². The van der Waals surface area contributed by atoms with E-state index in [0.717, 1.165) is 0 Å². The van der Waals surface area contributed by atoms with Gasteiger partial charge in [-0.05, 0) is 18.9 Å².